The van der Waals surface area contributed by atoms with Crippen LogP contribution in [0.3, 0.4) is 0 Å². The van der Waals surface area contributed by atoms with Gasteiger partial charge in [-0.15, -0.1) is 0 Å². The predicted octanol–water partition coefficient (Wildman–Crippen LogP) is 6.06. The van der Waals surface area contributed by atoms with Crippen molar-refractivity contribution in [2.75, 3.05) is 0 Å². The van der Waals surface area contributed by atoms with E-state index in [0.29, 0.717) is 17.3 Å². The van der Waals surface area contributed by atoms with Gasteiger partial charge in [0.1, 0.15) is 0 Å². The van der Waals surface area contributed by atoms with E-state index in [2.05, 4.69) is 88.4 Å². The maximum atomic E-state index is 2.56. The molecule has 2 aromatic rings. The summed E-state index contributed by atoms with van der Waals surface area (Å²) in [5.41, 5.74) is 9.23. The average Bonchev–Trinajstić information content (AvgIpc) is 3.09. The van der Waals surface area contributed by atoms with Gasteiger partial charge in [0.05, 0.1) is 0 Å². The molecule has 0 amide bonds. The molecule has 3 aliphatic rings. The Labute approximate surface area is 144 Å². The minimum absolute atomic E-state index is 0.197. The Bertz CT molecular complexity index is 821. The first kappa shape index (κ1) is 14.3. The van der Waals surface area contributed by atoms with Gasteiger partial charge in [-0.1, -0.05) is 85.7 Å². The molecule has 0 heterocycles. The van der Waals surface area contributed by atoms with Gasteiger partial charge in [-0.3, -0.25) is 0 Å². The Morgan fingerprint density at radius 3 is 1.33 bits per heavy atom. The van der Waals surface area contributed by atoms with E-state index in [0.717, 1.165) is 0 Å². The van der Waals surface area contributed by atoms with Crippen molar-refractivity contribution >= 4 is 11.1 Å². The molecule has 3 aliphatic carbocycles. The highest BCUT2D eigenvalue weighted by Gasteiger charge is 2.76. The molecule has 5 rings (SSSR count). The number of aryl methyl sites for hydroxylation is 2. The summed E-state index contributed by atoms with van der Waals surface area (Å²) >= 11 is 0. The Morgan fingerprint density at radius 2 is 1.00 bits per heavy atom. The number of hydrogen-bond donors (Lipinski definition) is 0. The zero-order chi connectivity index (χ0) is 16.7. The van der Waals surface area contributed by atoms with Gasteiger partial charge in [-0.05, 0) is 53.4 Å². The van der Waals surface area contributed by atoms with Crippen LogP contribution in [0.2, 0.25) is 0 Å². The average molecular weight is 312 g/mol. The monoisotopic (exact) mass is 312 g/mol. The molecule has 2 aromatic carbocycles. The molecule has 0 heteroatoms. The maximum Gasteiger partial charge on any atom is 0.0111 e. The number of fused-ring (bicyclic) bond motifs is 1. The Morgan fingerprint density at radius 1 is 0.625 bits per heavy atom. The quantitative estimate of drug-likeness (QED) is 0.632. The summed E-state index contributed by atoms with van der Waals surface area (Å²) in [4.78, 5) is 0. The fraction of sp³-hybridized carbons (Fsp3) is 0.333. The first-order valence-electron chi connectivity index (χ1n) is 9.04. The van der Waals surface area contributed by atoms with Gasteiger partial charge in [0.25, 0.3) is 0 Å². The molecule has 24 heavy (non-hydrogen) atoms. The zero-order valence-corrected chi connectivity index (χ0v) is 14.9. The Hall–Kier alpha value is -2.08. The standard InChI is InChI=1S/C24H24/c1-15-5-9-17(10-6-15)19-13-23(3)14-20(22-21(19)24(22,23)4)18-11-7-16(2)8-12-18/h5-14,21-22H,1-4H3. The van der Waals surface area contributed by atoms with Crippen LogP contribution in [0.5, 0.6) is 0 Å². The lowest BCUT2D eigenvalue weighted by Crippen LogP contribution is -2.18. The van der Waals surface area contributed by atoms with Crippen LogP contribution in [0.4, 0.5) is 0 Å². The van der Waals surface area contributed by atoms with Gasteiger partial charge >= 0.3 is 0 Å². The molecular weight excluding hydrogens is 288 g/mol. The second-order valence-electron chi connectivity index (χ2n) is 8.45. The highest BCUT2D eigenvalue weighted by Crippen LogP contribution is 2.84. The number of benzene rings is 2. The van der Waals surface area contributed by atoms with Crippen LogP contribution in [0.15, 0.2) is 60.7 Å². The summed E-state index contributed by atoms with van der Waals surface area (Å²) in [6.45, 7) is 9.26. The molecule has 0 aliphatic heterocycles. The van der Waals surface area contributed by atoms with E-state index >= 15 is 0 Å². The molecule has 0 nitrogen and oxygen atoms in total. The van der Waals surface area contributed by atoms with Crippen LogP contribution in [0.25, 0.3) is 11.1 Å². The largest absolute Gasteiger partial charge is 0.0701 e. The van der Waals surface area contributed by atoms with E-state index in [-0.39, 0.29) is 5.41 Å². The van der Waals surface area contributed by atoms with E-state index in [4.69, 9.17) is 0 Å². The smallest absolute Gasteiger partial charge is 0.0111 e. The van der Waals surface area contributed by atoms with Crippen molar-refractivity contribution in [3.05, 3.63) is 82.9 Å². The van der Waals surface area contributed by atoms with Gasteiger partial charge in [0.15, 0.2) is 0 Å². The normalized spacial score (nSPS) is 35.5. The number of hydrogen-bond acceptors (Lipinski definition) is 0. The molecule has 0 radical (unpaired) electrons. The van der Waals surface area contributed by atoms with Gasteiger partial charge in [0.2, 0.25) is 0 Å². The lowest BCUT2D eigenvalue weighted by molar-refractivity contribution is 0.333. The minimum atomic E-state index is 0.197. The third-order valence-electron chi connectivity index (χ3n) is 7.03. The zero-order valence-electron chi connectivity index (χ0n) is 14.9. The summed E-state index contributed by atoms with van der Waals surface area (Å²) in [5, 5.41) is 0. The van der Waals surface area contributed by atoms with Crippen LogP contribution in [-0.4, -0.2) is 0 Å². The van der Waals surface area contributed by atoms with E-state index in [9.17, 15) is 0 Å². The van der Waals surface area contributed by atoms with Crippen LogP contribution in [0, 0.1) is 36.5 Å². The number of rotatable bonds is 2. The third-order valence-corrected chi connectivity index (χ3v) is 7.03. The van der Waals surface area contributed by atoms with Crippen molar-refractivity contribution in [2.24, 2.45) is 22.7 Å². The maximum absolute atomic E-state index is 2.56. The predicted molar refractivity (Wildman–Crippen MR) is 102 cm³/mol. The summed E-state index contributed by atoms with van der Waals surface area (Å²) in [6, 6.07) is 18.2. The van der Waals surface area contributed by atoms with E-state index < -0.39 is 0 Å². The second kappa shape index (κ2) is 4.30. The van der Waals surface area contributed by atoms with Crippen molar-refractivity contribution < 1.29 is 0 Å². The summed E-state index contributed by atoms with van der Waals surface area (Å²) in [7, 11) is 0. The molecule has 0 bridgehead atoms. The van der Waals surface area contributed by atoms with Crippen molar-refractivity contribution in [3.8, 4) is 0 Å². The van der Waals surface area contributed by atoms with Crippen LogP contribution < -0.4 is 0 Å². The number of allylic oxidation sites excluding steroid dienone is 4. The molecule has 0 spiro atoms. The van der Waals surface area contributed by atoms with Crippen molar-refractivity contribution in [1.29, 1.82) is 0 Å². The van der Waals surface area contributed by atoms with Gasteiger partial charge in [-0.2, -0.15) is 0 Å². The molecule has 0 aromatic heterocycles. The summed E-state index contributed by atoms with van der Waals surface area (Å²) in [5.74, 6) is 1.37. The second-order valence-corrected chi connectivity index (χ2v) is 8.45. The van der Waals surface area contributed by atoms with Crippen LogP contribution in [-0.2, 0) is 0 Å². The van der Waals surface area contributed by atoms with E-state index in [1.807, 2.05) is 0 Å². The molecule has 1 fully saturated rings. The molecule has 120 valence electrons. The van der Waals surface area contributed by atoms with E-state index in [1.165, 1.54) is 22.3 Å². The van der Waals surface area contributed by atoms with Gasteiger partial charge in [0, 0.05) is 5.41 Å². The van der Waals surface area contributed by atoms with Gasteiger partial charge < -0.3 is 0 Å². The van der Waals surface area contributed by atoms with Crippen molar-refractivity contribution in [3.63, 3.8) is 0 Å². The lowest BCUT2D eigenvalue weighted by atomic mass is 9.79. The highest BCUT2D eigenvalue weighted by atomic mass is 14.8. The molecule has 0 N–H and O–H groups in total. The summed E-state index contributed by atoms with van der Waals surface area (Å²) in [6.07, 6.45) is 5.11. The topological polar surface area (TPSA) is 0 Å². The molecular formula is C24H24. The van der Waals surface area contributed by atoms with Gasteiger partial charge in [-0.25, -0.2) is 0 Å². The fourth-order valence-electron chi connectivity index (χ4n) is 5.38. The molecule has 0 saturated heterocycles. The molecule has 2 atom stereocenters. The first-order valence-corrected chi connectivity index (χ1v) is 9.04. The fourth-order valence-corrected chi connectivity index (χ4v) is 5.38. The van der Waals surface area contributed by atoms with Crippen molar-refractivity contribution in [1.82, 2.24) is 0 Å². The SMILES string of the molecule is Cc1ccc(C2=CC3(C)C=C(c4ccc(C)cc4)C4C2C43C)cc1. The Kier molecular flexibility index (Phi) is 2.56. The minimum Gasteiger partial charge on any atom is -0.0701 e. The first-order chi connectivity index (χ1) is 11.4. The highest BCUT2D eigenvalue weighted by molar-refractivity contribution is 5.89. The molecule has 1 saturated carbocycles. The third kappa shape index (κ3) is 1.59. The Balaban J connectivity index is 1.57. The lowest BCUT2D eigenvalue weighted by Gasteiger charge is -2.24. The van der Waals surface area contributed by atoms with Crippen molar-refractivity contribution in [2.45, 2.75) is 27.7 Å². The molecule has 2 unspecified atom stereocenters. The summed E-state index contributed by atoms with van der Waals surface area (Å²) < 4.78 is 0. The van der Waals surface area contributed by atoms with Crippen LogP contribution in [0.1, 0.15) is 36.1 Å². The van der Waals surface area contributed by atoms with Crippen LogP contribution >= 0.6 is 0 Å². The van der Waals surface area contributed by atoms with E-state index in [1.54, 1.807) is 11.1 Å².